The first-order valence-corrected chi connectivity index (χ1v) is 15.8. The van der Waals surface area contributed by atoms with Crippen LogP contribution in [0, 0.1) is 5.92 Å². The number of halogens is 2. The summed E-state index contributed by atoms with van der Waals surface area (Å²) in [6.07, 6.45) is 3.52. The van der Waals surface area contributed by atoms with Gasteiger partial charge in [-0.05, 0) is 65.6 Å². The molecular weight excluding hydrogens is 583 g/mol. The molecule has 0 spiro atoms. The van der Waals surface area contributed by atoms with E-state index in [-0.39, 0.29) is 30.0 Å². The lowest BCUT2D eigenvalue weighted by molar-refractivity contribution is -0.138. The minimum absolute atomic E-state index is 0.00782. The van der Waals surface area contributed by atoms with Crippen molar-refractivity contribution in [3.63, 3.8) is 0 Å². The zero-order valence-corrected chi connectivity index (χ0v) is 26.6. The number of nitrogens with zero attached hydrogens (tertiary/aromatic N) is 3. The average molecular weight is 628 g/mol. The maximum atomic E-state index is 13.9. The van der Waals surface area contributed by atoms with Crippen LogP contribution < -0.4 is 16.8 Å². The van der Waals surface area contributed by atoms with Crippen molar-refractivity contribution < 1.29 is 10.0 Å². The third kappa shape index (κ3) is 9.47. The van der Waals surface area contributed by atoms with Crippen LogP contribution in [-0.4, -0.2) is 71.2 Å². The number of carbonyl (C=O) groups excluding carboxylic acids is 1. The molecule has 0 saturated carbocycles. The number of amides is 1. The number of nitrogens with one attached hydrogen (secondary N) is 1. The van der Waals surface area contributed by atoms with Gasteiger partial charge in [-0.25, -0.2) is 0 Å². The molecule has 1 amide bonds. The molecule has 3 atom stereocenters. The van der Waals surface area contributed by atoms with Crippen molar-refractivity contribution in [2.75, 3.05) is 26.2 Å². The minimum Gasteiger partial charge on any atom is -0.408 e. The summed E-state index contributed by atoms with van der Waals surface area (Å²) in [5.74, 6) is 0.579. The van der Waals surface area contributed by atoms with E-state index in [2.05, 4.69) is 64.5 Å². The maximum Gasteiger partial charge on any atom is 0.230 e. The first kappa shape index (κ1) is 32.9. The molecule has 0 radical (unpaired) electrons. The molecule has 1 heterocycles. The normalized spacial score (nSPS) is 18.7. The van der Waals surface area contributed by atoms with Gasteiger partial charge in [0, 0.05) is 54.3 Å². The summed E-state index contributed by atoms with van der Waals surface area (Å²) < 4.78 is 0. The zero-order chi connectivity index (χ0) is 30.9. The SMILES string of the molecule is CC(C)C[C@@H]1CN(C[C@@H](N)Cc2ccc(Cl)cc2Cl)[C@@H](CCCNC(N)=NO)CN1C(=O)Cc1ccc2ccccc2c1. The van der Waals surface area contributed by atoms with Gasteiger partial charge in [0.1, 0.15) is 0 Å². The number of benzene rings is 3. The van der Waals surface area contributed by atoms with E-state index in [1.54, 1.807) is 6.07 Å². The second kappa shape index (κ2) is 15.6. The summed E-state index contributed by atoms with van der Waals surface area (Å²) in [7, 11) is 0. The fourth-order valence-corrected chi connectivity index (χ4v) is 6.59. The van der Waals surface area contributed by atoms with E-state index in [1.807, 2.05) is 24.3 Å². The number of fused-ring (bicyclic) bond motifs is 1. The quantitative estimate of drug-likeness (QED) is 0.0715. The van der Waals surface area contributed by atoms with Crippen LogP contribution in [0.4, 0.5) is 0 Å². The first-order chi connectivity index (χ1) is 20.6. The van der Waals surface area contributed by atoms with Crippen molar-refractivity contribution in [1.29, 1.82) is 0 Å². The number of hydrogen-bond acceptors (Lipinski definition) is 5. The van der Waals surface area contributed by atoms with Crippen LogP contribution in [-0.2, 0) is 17.6 Å². The largest absolute Gasteiger partial charge is 0.408 e. The van der Waals surface area contributed by atoms with Crippen LogP contribution in [0.5, 0.6) is 0 Å². The van der Waals surface area contributed by atoms with Gasteiger partial charge in [0.05, 0.1) is 6.42 Å². The second-order valence-corrected chi connectivity index (χ2v) is 12.9. The molecule has 1 saturated heterocycles. The van der Waals surface area contributed by atoms with Crippen LogP contribution in [0.15, 0.2) is 65.8 Å². The van der Waals surface area contributed by atoms with Crippen molar-refractivity contribution in [3.05, 3.63) is 81.8 Å². The van der Waals surface area contributed by atoms with Gasteiger partial charge in [0.25, 0.3) is 0 Å². The fraction of sp³-hybridized carbons (Fsp3) is 0.455. The molecule has 1 aliphatic heterocycles. The minimum atomic E-state index is -0.143. The van der Waals surface area contributed by atoms with Gasteiger partial charge in [-0.3, -0.25) is 9.69 Å². The van der Waals surface area contributed by atoms with Crippen LogP contribution in [0.25, 0.3) is 10.8 Å². The Hall–Kier alpha value is -3.04. The lowest BCUT2D eigenvalue weighted by Gasteiger charge is -2.48. The molecule has 1 fully saturated rings. The Morgan fingerprint density at radius 1 is 1.07 bits per heavy atom. The van der Waals surface area contributed by atoms with Crippen molar-refractivity contribution in [1.82, 2.24) is 15.1 Å². The third-order valence-electron chi connectivity index (χ3n) is 8.14. The standard InChI is InChI=1S/C33H44Cl2N6O2/c1-22(2)14-30-20-40(19-28(36)17-26-11-12-27(34)18-31(26)35)29(8-5-13-38-33(37)39-43)21-41(30)32(42)16-23-9-10-24-6-3-4-7-25(24)15-23/h3-4,6-7,9-12,15,18,22,28-30,43H,5,8,13-14,16-17,19-21,36H2,1-2H3,(H3,37,38,39)/t28-,29-,30+/m0/s1. The predicted molar refractivity (Wildman–Crippen MR) is 177 cm³/mol. The monoisotopic (exact) mass is 626 g/mol. The Kier molecular flexibility index (Phi) is 11.9. The molecule has 0 bridgehead atoms. The molecule has 3 aromatic carbocycles. The van der Waals surface area contributed by atoms with Crippen molar-refractivity contribution in [2.45, 2.75) is 64.1 Å². The lowest BCUT2D eigenvalue weighted by Crippen LogP contribution is -2.62. The molecule has 43 heavy (non-hydrogen) atoms. The highest BCUT2D eigenvalue weighted by atomic mass is 35.5. The van der Waals surface area contributed by atoms with Gasteiger partial charge in [-0.15, -0.1) is 0 Å². The van der Waals surface area contributed by atoms with E-state index in [9.17, 15) is 4.79 Å². The number of hydrogen-bond donors (Lipinski definition) is 4. The van der Waals surface area contributed by atoms with Crippen LogP contribution in [0.2, 0.25) is 10.0 Å². The van der Waals surface area contributed by atoms with Gasteiger partial charge in [-0.2, -0.15) is 0 Å². The Balaban J connectivity index is 1.51. The summed E-state index contributed by atoms with van der Waals surface area (Å²) in [5.41, 5.74) is 14.3. The van der Waals surface area contributed by atoms with Crippen molar-refractivity contribution >= 4 is 45.8 Å². The van der Waals surface area contributed by atoms with Crippen LogP contribution in [0.1, 0.15) is 44.2 Å². The highest BCUT2D eigenvalue weighted by Crippen LogP contribution is 2.27. The number of nitrogens with two attached hydrogens (primary N) is 2. The Bertz CT molecular complexity index is 1400. The van der Waals surface area contributed by atoms with Crippen molar-refractivity contribution in [3.8, 4) is 0 Å². The lowest BCUT2D eigenvalue weighted by atomic mass is 9.94. The number of piperazine rings is 1. The van der Waals surface area contributed by atoms with Gasteiger partial charge < -0.3 is 26.9 Å². The molecule has 0 aromatic heterocycles. The Labute approximate surface area is 265 Å². The van der Waals surface area contributed by atoms with Gasteiger partial charge in [0.2, 0.25) is 11.9 Å². The average Bonchev–Trinajstić information content (AvgIpc) is 2.97. The predicted octanol–water partition coefficient (Wildman–Crippen LogP) is 5.26. The number of guanidine groups is 1. The zero-order valence-electron chi connectivity index (χ0n) is 25.1. The smallest absolute Gasteiger partial charge is 0.230 e. The topological polar surface area (TPSA) is 120 Å². The summed E-state index contributed by atoms with van der Waals surface area (Å²) >= 11 is 12.6. The summed E-state index contributed by atoms with van der Waals surface area (Å²) in [4.78, 5) is 18.5. The molecule has 0 aliphatic carbocycles. The summed E-state index contributed by atoms with van der Waals surface area (Å²) in [6, 6.07) is 20.1. The highest BCUT2D eigenvalue weighted by Gasteiger charge is 2.36. The number of oxime groups is 1. The molecular formula is C33H44Cl2N6O2. The molecule has 8 nitrogen and oxygen atoms in total. The molecule has 4 rings (SSSR count). The molecule has 10 heteroatoms. The van der Waals surface area contributed by atoms with E-state index in [1.165, 1.54) is 5.39 Å². The van der Waals surface area contributed by atoms with Crippen LogP contribution in [0.3, 0.4) is 0 Å². The summed E-state index contributed by atoms with van der Waals surface area (Å²) in [5, 5.41) is 18.3. The molecule has 0 unspecified atom stereocenters. The Morgan fingerprint density at radius 2 is 1.84 bits per heavy atom. The highest BCUT2D eigenvalue weighted by molar-refractivity contribution is 6.35. The fourth-order valence-electron chi connectivity index (χ4n) is 6.11. The summed E-state index contributed by atoms with van der Waals surface area (Å²) in [6.45, 7) is 7.03. The third-order valence-corrected chi connectivity index (χ3v) is 8.72. The van der Waals surface area contributed by atoms with Crippen LogP contribution >= 0.6 is 23.2 Å². The van der Waals surface area contributed by atoms with Gasteiger partial charge in [0.15, 0.2) is 0 Å². The first-order valence-electron chi connectivity index (χ1n) is 15.0. The molecule has 1 aliphatic rings. The van der Waals surface area contributed by atoms with Gasteiger partial charge in [-0.1, -0.05) is 90.7 Å². The number of carbonyl (C=O) groups is 1. The van der Waals surface area contributed by atoms with Gasteiger partial charge >= 0.3 is 0 Å². The van der Waals surface area contributed by atoms with E-state index >= 15 is 0 Å². The second-order valence-electron chi connectivity index (χ2n) is 12.0. The van der Waals surface area contributed by atoms with E-state index in [0.717, 1.165) is 42.3 Å². The molecule has 6 N–H and O–H groups in total. The number of rotatable bonds is 12. The van der Waals surface area contributed by atoms with Crippen molar-refractivity contribution in [2.24, 2.45) is 22.5 Å². The maximum absolute atomic E-state index is 13.9. The van der Waals surface area contributed by atoms with E-state index < -0.39 is 0 Å². The molecule has 232 valence electrons. The van der Waals surface area contributed by atoms with E-state index in [4.69, 9.17) is 39.9 Å². The van der Waals surface area contributed by atoms with E-state index in [0.29, 0.717) is 48.4 Å². The molecule has 3 aromatic rings. The Morgan fingerprint density at radius 3 is 2.56 bits per heavy atom.